The Labute approximate surface area is 123 Å². The topological polar surface area (TPSA) is 102 Å². The maximum Gasteiger partial charge on any atom is 0.270 e. The quantitative estimate of drug-likeness (QED) is 0.878. The van der Waals surface area contributed by atoms with Gasteiger partial charge in [-0.05, 0) is 36.8 Å². The summed E-state index contributed by atoms with van der Waals surface area (Å²) in [6.07, 6.45) is 0. The van der Waals surface area contributed by atoms with Crippen LogP contribution in [0.2, 0.25) is 0 Å². The third kappa shape index (κ3) is 4.11. The number of aryl methyl sites for hydroxylation is 1. The lowest BCUT2D eigenvalue weighted by Crippen LogP contribution is -2.24. The first-order valence-electron chi connectivity index (χ1n) is 6.20. The molecule has 3 N–H and O–H groups in total. The fraction of sp³-hybridized carbons (Fsp3) is 0.143. The van der Waals surface area contributed by atoms with E-state index in [-0.39, 0.29) is 17.3 Å². The van der Waals surface area contributed by atoms with E-state index in [4.69, 9.17) is 5.14 Å². The molecule has 2 aromatic rings. The number of hydrogen-bond donors (Lipinski definition) is 2. The molecule has 0 atom stereocenters. The Morgan fingerprint density at radius 1 is 1.24 bits per heavy atom. The van der Waals surface area contributed by atoms with Gasteiger partial charge < -0.3 is 5.32 Å². The number of aromatic nitrogens is 1. The fourth-order valence-electron chi connectivity index (χ4n) is 1.77. The molecular weight excluding hydrogens is 290 g/mol. The summed E-state index contributed by atoms with van der Waals surface area (Å²) in [5, 5.41) is 7.75. The van der Waals surface area contributed by atoms with E-state index in [0.29, 0.717) is 11.3 Å². The minimum absolute atomic E-state index is 0.0166. The first kappa shape index (κ1) is 15.1. The van der Waals surface area contributed by atoms with E-state index in [1.807, 2.05) is 0 Å². The molecule has 0 fully saturated rings. The SMILES string of the molecule is Cc1cccc(C(=O)NCc2cccc(S(N)(=O)=O)c2)n1. The number of primary sulfonamides is 1. The van der Waals surface area contributed by atoms with Crippen LogP contribution in [0.1, 0.15) is 21.7 Å². The van der Waals surface area contributed by atoms with Gasteiger partial charge >= 0.3 is 0 Å². The van der Waals surface area contributed by atoms with Crippen LogP contribution in [0, 0.1) is 6.92 Å². The van der Waals surface area contributed by atoms with Crippen molar-refractivity contribution in [3.8, 4) is 0 Å². The van der Waals surface area contributed by atoms with Gasteiger partial charge in [0.2, 0.25) is 10.0 Å². The Hall–Kier alpha value is -2.25. The summed E-state index contributed by atoms with van der Waals surface area (Å²) < 4.78 is 22.5. The van der Waals surface area contributed by atoms with Gasteiger partial charge in [0.25, 0.3) is 5.91 Å². The van der Waals surface area contributed by atoms with E-state index in [0.717, 1.165) is 5.69 Å². The molecule has 0 radical (unpaired) electrons. The van der Waals surface area contributed by atoms with E-state index < -0.39 is 10.0 Å². The molecule has 0 saturated carbocycles. The zero-order valence-corrected chi connectivity index (χ0v) is 12.2. The van der Waals surface area contributed by atoms with Crippen molar-refractivity contribution in [2.24, 2.45) is 5.14 Å². The summed E-state index contributed by atoms with van der Waals surface area (Å²) >= 11 is 0. The Bertz CT molecular complexity index is 773. The number of rotatable bonds is 4. The van der Waals surface area contributed by atoms with Crippen LogP contribution in [-0.2, 0) is 16.6 Å². The lowest BCUT2D eigenvalue weighted by molar-refractivity contribution is 0.0945. The molecule has 21 heavy (non-hydrogen) atoms. The Morgan fingerprint density at radius 2 is 1.95 bits per heavy atom. The zero-order valence-electron chi connectivity index (χ0n) is 11.4. The normalized spacial score (nSPS) is 11.1. The number of nitrogens with zero attached hydrogens (tertiary/aromatic N) is 1. The molecule has 1 aromatic carbocycles. The van der Waals surface area contributed by atoms with E-state index in [1.165, 1.54) is 12.1 Å². The van der Waals surface area contributed by atoms with Gasteiger partial charge in [-0.1, -0.05) is 18.2 Å². The van der Waals surface area contributed by atoms with Crippen molar-refractivity contribution < 1.29 is 13.2 Å². The lowest BCUT2D eigenvalue weighted by Gasteiger charge is -2.06. The van der Waals surface area contributed by atoms with Gasteiger partial charge in [0, 0.05) is 12.2 Å². The minimum Gasteiger partial charge on any atom is -0.347 e. The first-order chi connectivity index (χ1) is 9.86. The van der Waals surface area contributed by atoms with Crippen LogP contribution in [0.4, 0.5) is 0 Å². The molecule has 1 aromatic heterocycles. The monoisotopic (exact) mass is 305 g/mol. The van der Waals surface area contributed by atoms with Gasteiger partial charge in [-0.25, -0.2) is 18.5 Å². The van der Waals surface area contributed by atoms with Gasteiger partial charge in [0.05, 0.1) is 4.90 Å². The van der Waals surface area contributed by atoms with E-state index in [9.17, 15) is 13.2 Å². The molecule has 0 bridgehead atoms. The van der Waals surface area contributed by atoms with Crippen molar-refractivity contribution in [3.63, 3.8) is 0 Å². The predicted molar refractivity (Wildman–Crippen MR) is 78.0 cm³/mol. The number of benzene rings is 1. The Kier molecular flexibility index (Phi) is 4.35. The number of carbonyl (C=O) groups is 1. The molecule has 0 saturated heterocycles. The number of nitrogens with two attached hydrogens (primary N) is 1. The second-order valence-corrected chi connectivity index (χ2v) is 6.10. The molecule has 0 spiro atoms. The van der Waals surface area contributed by atoms with Crippen LogP contribution >= 0.6 is 0 Å². The lowest BCUT2D eigenvalue weighted by atomic mass is 10.2. The van der Waals surface area contributed by atoms with Crippen molar-refractivity contribution in [1.29, 1.82) is 0 Å². The molecular formula is C14H15N3O3S. The van der Waals surface area contributed by atoms with Crippen LogP contribution < -0.4 is 10.5 Å². The smallest absolute Gasteiger partial charge is 0.270 e. The van der Waals surface area contributed by atoms with Crippen molar-refractivity contribution >= 4 is 15.9 Å². The first-order valence-corrected chi connectivity index (χ1v) is 7.74. The maximum atomic E-state index is 11.9. The van der Waals surface area contributed by atoms with Crippen LogP contribution in [0.25, 0.3) is 0 Å². The number of pyridine rings is 1. The highest BCUT2D eigenvalue weighted by Gasteiger charge is 2.10. The van der Waals surface area contributed by atoms with Crippen LogP contribution in [-0.4, -0.2) is 19.3 Å². The summed E-state index contributed by atoms with van der Waals surface area (Å²) in [6, 6.07) is 11.3. The standard InChI is InChI=1S/C14H15N3O3S/c1-10-4-2-7-13(17-10)14(18)16-9-11-5-3-6-12(8-11)21(15,19)20/h2-8H,9H2,1H3,(H,16,18)(H2,15,19,20). The van der Waals surface area contributed by atoms with Crippen molar-refractivity contribution in [2.45, 2.75) is 18.4 Å². The summed E-state index contributed by atoms with van der Waals surface area (Å²) in [7, 11) is -3.75. The summed E-state index contributed by atoms with van der Waals surface area (Å²) in [5.41, 5.74) is 1.71. The van der Waals surface area contributed by atoms with Gasteiger partial charge in [-0.2, -0.15) is 0 Å². The van der Waals surface area contributed by atoms with Crippen molar-refractivity contribution in [3.05, 3.63) is 59.4 Å². The molecule has 110 valence electrons. The van der Waals surface area contributed by atoms with Crippen molar-refractivity contribution in [2.75, 3.05) is 0 Å². The van der Waals surface area contributed by atoms with Crippen LogP contribution in [0.5, 0.6) is 0 Å². The molecule has 0 aliphatic carbocycles. The average Bonchev–Trinajstić information content (AvgIpc) is 2.44. The maximum absolute atomic E-state index is 11.9. The highest BCUT2D eigenvalue weighted by molar-refractivity contribution is 7.89. The highest BCUT2D eigenvalue weighted by Crippen LogP contribution is 2.09. The van der Waals surface area contributed by atoms with Gasteiger partial charge in [-0.15, -0.1) is 0 Å². The molecule has 1 amide bonds. The van der Waals surface area contributed by atoms with Gasteiger partial charge in [0.15, 0.2) is 0 Å². The molecule has 7 heteroatoms. The summed E-state index contributed by atoms with van der Waals surface area (Å²) in [6.45, 7) is 1.99. The van der Waals surface area contributed by atoms with Crippen LogP contribution in [0.15, 0.2) is 47.4 Å². The largest absolute Gasteiger partial charge is 0.347 e. The second kappa shape index (κ2) is 6.02. The number of nitrogens with one attached hydrogen (secondary N) is 1. The molecule has 2 rings (SSSR count). The number of carbonyl (C=O) groups excluding carboxylic acids is 1. The fourth-order valence-corrected chi connectivity index (χ4v) is 2.36. The molecule has 0 aliphatic rings. The number of amides is 1. The highest BCUT2D eigenvalue weighted by atomic mass is 32.2. The predicted octanol–water partition coefficient (Wildman–Crippen LogP) is 0.967. The second-order valence-electron chi connectivity index (χ2n) is 4.54. The number of hydrogen-bond acceptors (Lipinski definition) is 4. The summed E-state index contributed by atoms with van der Waals surface area (Å²) in [4.78, 5) is 16.1. The minimum atomic E-state index is -3.75. The molecule has 6 nitrogen and oxygen atoms in total. The number of sulfonamides is 1. The molecule has 0 unspecified atom stereocenters. The molecule has 1 heterocycles. The van der Waals surface area contributed by atoms with E-state index in [2.05, 4.69) is 10.3 Å². The average molecular weight is 305 g/mol. The Morgan fingerprint density at radius 3 is 2.62 bits per heavy atom. The van der Waals surface area contributed by atoms with E-state index in [1.54, 1.807) is 37.3 Å². The summed E-state index contributed by atoms with van der Waals surface area (Å²) in [5.74, 6) is -0.320. The van der Waals surface area contributed by atoms with Gasteiger partial charge in [0.1, 0.15) is 5.69 Å². The third-order valence-electron chi connectivity index (χ3n) is 2.80. The van der Waals surface area contributed by atoms with Crippen LogP contribution in [0.3, 0.4) is 0 Å². The van der Waals surface area contributed by atoms with Crippen molar-refractivity contribution in [1.82, 2.24) is 10.3 Å². The zero-order chi connectivity index (χ0) is 15.5. The molecule has 0 aliphatic heterocycles. The van der Waals surface area contributed by atoms with E-state index >= 15 is 0 Å². The Balaban J connectivity index is 2.08. The van der Waals surface area contributed by atoms with Gasteiger partial charge in [-0.3, -0.25) is 4.79 Å². The third-order valence-corrected chi connectivity index (χ3v) is 3.71.